The molecule has 0 radical (unpaired) electrons. The first-order valence-electron chi connectivity index (χ1n) is 4.07. The van der Waals surface area contributed by atoms with E-state index < -0.39 is 27.3 Å². The average Bonchev–Trinajstić information content (AvgIpc) is 1.96. The Bertz CT molecular complexity index is 337. The van der Waals surface area contributed by atoms with Crippen molar-refractivity contribution in [1.82, 2.24) is 5.32 Å². The van der Waals surface area contributed by atoms with Gasteiger partial charge in [-0.05, 0) is 12.8 Å². The standard InChI is InChI=1S/C8H15NO4S.Na/c1-5(2)7(10)9-8(6(3)4)14(11,12)13;/h6,8H,1H2,2-4H3,(H,9,10)(H,11,12,13);/q;+1/p-1. The monoisotopic (exact) mass is 243 g/mol. The Morgan fingerprint density at radius 2 is 1.80 bits per heavy atom. The zero-order chi connectivity index (χ0) is 11.5. The number of carbonyl (C=O) groups excluding carboxylic acids is 1. The van der Waals surface area contributed by atoms with Crippen molar-refractivity contribution >= 4 is 16.0 Å². The van der Waals surface area contributed by atoms with Crippen LogP contribution in [0.4, 0.5) is 0 Å². The van der Waals surface area contributed by atoms with Crippen LogP contribution in [-0.2, 0) is 14.9 Å². The van der Waals surface area contributed by atoms with Crippen molar-refractivity contribution in [2.75, 3.05) is 0 Å². The second-order valence-electron chi connectivity index (χ2n) is 3.41. The van der Waals surface area contributed by atoms with Gasteiger partial charge in [-0.3, -0.25) is 4.79 Å². The molecule has 1 amide bonds. The summed E-state index contributed by atoms with van der Waals surface area (Å²) in [6.45, 7) is 7.86. The molecule has 0 heterocycles. The number of nitrogens with one attached hydrogen (secondary N) is 1. The molecule has 0 spiro atoms. The van der Waals surface area contributed by atoms with Crippen molar-refractivity contribution in [3.63, 3.8) is 0 Å². The van der Waals surface area contributed by atoms with E-state index in [1.165, 1.54) is 6.92 Å². The van der Waals surface area contributed by atoms with Gasteiger partial charge in [0, 0.05) is 5.57 Å². The number of hydrogen-bond acceptors (Lipinski definition) is 4. The van der Waals surface area contributed by atoms with Gasteiger partial charge in [-0.1, -0.05) is 20.4 Å². The molecule has 82 valence electrons. The third kappa shape index (κ3) is 6.32. The Morgan fingerprint density at radius 1 is 1.40 bits per heavy atom. The molecule has 0 saturated carbocycles. The summed E-state index contributed by atoms with van der Waals surface area (Å²) in [4.78, 5) is 11.1. The topological polar surface area (TPSA) is 86.3 Å². The van der Waals surface area contributed by atoms with E-state index in [2.05, 4.69) is 11.9 Å². The smallest absolute Gasteiger partial charge is 0.746 e. The number of amides is 1. The van der Waals surface area contributed by atoms with Gasteiger partial charge in [0.25, 0.3) is 0 Å². The minimum absolute atomic E-state index is 0. The van der Waals surface area contributed by atoms with Gasteiger partial charge in [0.2, 0.25) is 5.91 Å². The molecule has 1 unspecified atom stereocenters. The Labute approximate surface area is 112 Å². The van der Waals surface area contributed by atoms with Gasteiger partial charge in [-0.25, -0.2) is 8.42 Å². The maximum atomic E-state index is 11.1. The van der Waals surface area contributed by atoms with Gasteiger partial charge in [0.1, 0.15) is 15.5 Å². The third-order valence-corrected chi connectivity index (χ3v) is 2.86. The van der Waals surface area contributed by atoms with Gasteiger partial charge < -0.3 is 9.87 Å². The van der Waals surface area contributed by atoms with Crippen LogP contribution in [0, 0.1) is 5.92 Å². The molecule has 0 aromatic heterocycles. The molecular weight excluding hydrogens is 229 g/mol. The van der Waals surface area contributed by atoms with Crippen LogP contribution in [0.25, 0.3) is 0 Å². The van der Waals surface area contributed by atoms with Crippen molar-refractivity contribution in [3.05, 3.63) is 12.2 Å². The predicted molar refractivity (Wildman–Crippen MR) is 51.3 cm³/mol. The summed E-state index contributed by atoms with van der Waals surface area (Å²) in [6, 6.07) is 0. The summed E-state index contributed by atoms with van der Waals surface area (Å²) >= 11 is 0. The third-order valence-electron chi connectivity index (χ3n) is 1.58. The molecule has 1 N–H and O–H groups in total. The number of rotatable bonds is 4. The van der Waals surface area contributed by atoms with Crippen LogP contribution < -0.4 is 34.9 Å². The fourth-order valence-corrected chi connectivity index (χ4v) is 1.74. The quantitative estimate of drug-likeness (QED) is 0.328. The largest absolute Gasteiger partial charge is 1.00 e. The van der Waals surface area contributed by atoms with Gasteiger partial charge in [0.15, 0.2) is 0 Å². The number of carbonyl (C=O) groups is 1. The van der Waals surface area contributed by atoms with Crippen molar-refractivity contribution < 1.29 is 47.3 Å². The summed E-state index contributed by atoms with van der Waals surface area (Å²) in [5, 5.41) is 0.720. The zero-order valence-electron chi connectivity index (χ0n) is 9.40. The molecule has 5 nitrogen and oxygen atoms in total. The van der Waals surface area contributed by atoms with Gasteiger partial charge >= 0.3 is 29.6 Å². The summed E-state index contributed by atoms with van der Waals surface area (Å²) in [5.41, 5.74) is 0.166. The van der Waals surface area contributed by atoms with Crippen LogP contribution in [0.15, 0.2) is 12.2 Å². The van der Waals surface area contributed by atoms with Crippen LogP contribution >= 0.6 is 0 Å². The summed E-state index contributed by atoms with van der Waals surface area (Å²) < 4.78 is 32.2. The normalized spacial score (nSPS) is 12.9. The molecular formula is C8H14NNaO4S. The SMILES string of the molecule is C=C(C)C(=O)NC(C(C)C)S(=O)(=O)[O-].[Na+]. The van der Waals surface area contributed by atoms with Gasteiger partial charge in [-0.15, -0.1) is 0 Å². The molecule has 0 fully saturated rings. The predicted octanol–water partition coefficient (Wildman–Crippen LogP) is -2.79. The Morgan fingerprint density at radius 3 is 2.00 bits per heavy atom. The van der Waals surface area contributed by atoms with E-state index in [4.69, 9.17) is 0 Å². The Hall–Kier alpha value is 0.120. The second kappa shape index (κ2) is 6.65. The minimum Gasteiger partial charge on any atom is -0.746 e. The molecule has 7 heteroatoms. The first-order chi connectivity index (χ1) is 6.16. The Balaban J connectivity index is 0. The van der Waals surface area contributed by atoms with E-state index in [-0.39, 0.29) is 35.1 Å². The molecule has 15 heavy (non-hydrogen) atoms. The summed E-state index contributed by atoms with van der Waals surface area (Å²) in [5.74, 6) is -1.09. The van der Waals surface area contributed by atoms with Crippen molar-refractivity contribution in [1.29, 1.82) is 0 Å². The van der Waals surface area contributed by atoms with E-state index in [0.717, 1.165) is 0 Å². The first kappa shape index (κ1) is 17.5. The van der Waals surface area contributed by atoms with Crippen LogP contribution in [0.5, 0.6) is 0 Å². The molecule has 0 saturated heterocycles. The molecule has 0 aromatic carbocycles. The molecule has 0 rings (SSSR count). The van der Waals surface area contributed by atoms with Crippen molar-refractivity contribution in [2.24, 2.45) is 5.92 Å². The average molecular weight is 243 g/mol. The molecule has 0 aliphatic heterocycles. The summed E-state index contributed by atoms with van der Waals surface area (Å²) in [7, 11) is -4.52. The fraction of sp³-hybridized carbons (Fsp3) is 0.625. The summed E-state index contributed by atoms with van der Waals surface area (Å²) in [6.07, 6.45) is 0. The molecule has 0 aliphatic rings. The molecule has 0 bridgehead atoms. The fourth-order valence-electron chi connectivity index (χ4n) is 0.825. The van der Waals surface area contributed by atoms with Crippen molar-refractivity contribution in [3.8, 4) is 0 Å². The number of hydrogen-bond donors (Lipinski definition) is 1. The maximum Gasteiger partial charge on any atom is 1.00 e. The van der Waals surface area contributed by atoms with E-state index in [1.807, 2.05) is 0 Å². The molecule has 1 atom stereocenters. The van der Waals surface area contributed by atoms with Gasteiger partial charge in [0.05, 0.1) is 0 Å². The van der Waals surface area contributed by atoms with Crippen LogP contribution in [0.2, 0.25) is 0 Å². The molecule has 0 aliphatic carbocycles. The van der Waals surface area contributed by atoms with E-state index in [1.54, 1.807) is 13.8 Å². The zero-order valence-corrected chi connectivity index (χ0v) is 12.2. The van der Waals surface area contributed by atoms with Gasteiger partial charge in [-0.2, -0.15) is 0 Å². The minimum atomic E-state index is -4.52. The Kier molecular flexibility index (Phi) is 7.76. The van der Waals surface area contributed by atoms with Crippen molar-refractivity contribution in [2.45, 2.75) is 26.1 Å². The van der Waals surface area contributed by atoms with E-state index >= 15 is 0 Å². The maximum absolute atomic E-state index is 11.1. The van der Waals surface area contributed by atoms with E-state index in [0.29, 0.717) is 0 Å². The van der Waals surface area contributed by atoms with Crippen LogP contribution in [-0.4, -0.2) is 24.3 Å². The van der Waals surface area contributed by atoms with E-state index in [9.17, 15) is 17.8 Å². The first-order valence-corrected chi connectivity index (χ1v) is 5.54. The van der Waals surface area contributed by atoms with Crippen LogP contribution in [0.3, 0.4) is 0 Å². The molecule has 0 aromatic rings. The van der Waals surface area contributed by atoms with Crippen LogP contribution in [0.1, 0.15) is 20.8 Å². The second-order valence-corrected chi connectivity index (χ2v) is 4.90.